The SMILES string of the molecule is CN(C)S(=O)(=O)c1ccc(-c2cnc(NC(=O)C3CCC(=O)c4cccn43)s2)cc1. The number of benzene rings is 1. The van der Waals surface area contributed by atoms with Crippen molar-refractivity contribution in [3.05, 3.63) is 54.5 Å². The lowest BCUT2D eigenvalue weighted by atomic mass is 10.0. The molecule has 0 aliphatic carbocycles. The largest absolute Gasteiger partial charge is 0.333 e. The molecular weight excluding hydrogens is 424 g/mol. The lowest BCUT2D eigenvalue weighted by molar-refractivity contribution is -0.119. The van der Waals surface area contributed by atoms with Gasteiger partial charge in [-0.3, -0.25) is 9.59 Å². The Bertz CT molecular complexity index is 1210. The van der Waals surface area contributed by atoms with Crippen LogP contribution in [0.4, 0.5) is 5.13 Å². The van der Waals surface area contributed by atoms with Gasteiger partial charge < -0.3 is 9.88 Å². The molecule has 8 nitrogen and oxygen atoms in total. The number of sulfonamides is 1. The van der Waals surface area contributed by atoms with E-state index in [0.29, 0.717) is 23.7 Å². The van der Waals surface area contributed by atoms with Crippen molar-refractivity contribution in [1.29, 1.82) is 0 Å². The maximum Gasteiger partial charge on any atom is 0.249 e. The number of carbonyl (C=O) groups is 2. The molecule has 0 spiro atoms. The zero-order chi connectivity index (χ0) is 21.5. The smallest absolute Gasteiger partial charge is 0.249 e. The molecule has 0 radical (unpaired) electrons. The normalized spacial score (nSPS) is 16.5. The number of aromatic nitrogens is 2. The molecule has 1 amide bonds. The van der Waals surface area contributed by atoms with Crippen LogP contribution < -0.4 is 5.32 Å². The Hall–Kier alpha value is -2.82. The number of nitrogens with one attached hydrogen (secondary N) is 1. The second-order valence-electron chi connectivity index (χ2n) is 7.11. The van der Waals surface area contributed by atoms with Gasteiger partial charge in [0.15, 0.2) is 10.9 Å². The molecule has 1 aromatic carbocycles. The zero-order valence-electron chi connectivity index (χ0n) is 16.4. The predicted molar refractivity (Wildman–Crippen MR) is 114 cm³/mol. The van der Waals surface area contributed by atoms with Crippen LogP contribution in [0.15, 0.2) is 53.7 Å². The number of anilines is 1. The van der Waals surface area contributed by atoms with Crippen LogP contribution >= 0.6 is 11.3 Å². The van der Waals surface area contributed by atoms with Crippen LogP contribution in [0, 0.1) is 0 Å². The van der Waals surface area contributed by atoms with Gasteiger partial charge in [-0.1, -0.05) is 23.5 Å². The topological polar surface area (TPSA) is 101 Å². The summed E-state index contributed by atoms with van der Waals surface area (Å²) in [7, 11) is -0.512. The second-order valence-corrected chi connectivity index (χ2v) is 10.3. The molecule has 3 heterocycles. The number of rotatable bonds is 5. The van der Waals surface area contributed by atoms with E-state index in [0.717, 1.165) is 14.7 Å². The summed E-state index contributed by atoms with van der Waals surface area (Å²) in [5, 5.41) is 3.28. The van der Waals surface area contributed by atoms with Crippen molar-refractivity contribution in [3.8, 4) is 10.4 Å². The van der Waals surface area contributed by atoms with Crippen LogP contribution in [0.3, 0.4) is 0 Å². The Kier molecular flexibility index (Phi) is 5.31. The first kappa shape index (κ1) is 20.5. The van der Waals surface area contributed by atoms with Crippen LogP contribution in [0.25, 0.3) is 10.4 Å². The van der Waals surface area contributed by atoms with E-state index in [-0.39, 0.29) is 16.6 Å². The van der Waals surface area contributed by atoms with Gasteiger partial charge in [0.2, 0.25) is 15.9 Å². The van der Waals surface area contributed by atoms with Gasteiger partial charge in [-0.15, -0.1) is 0 Å². The molecule has 1 aliphatic heterocycles. The number of ketones is 1. The molecule has 2 aromatic heterocycles. The van der Waals surface area contributed by atoms with Crippen LogP contribution in [0.5, 0.6) is 0 Å². The maximum absolute atomic E-state index is 12.8. The van der Waals surface area contributed by atoms with Gasteiger partial charge in [0.25, 0.3) is 0 Å². The molecule has 0 fully saturated rings. The molecule has 156 valence electrons. The fourth-order valence-corrected chi connectivity index (χ4v) is 5.08. The number of fused-ring (bicyclic) bond motifs is 1. The van der Waals surface area contributed by atoms with Crippen LogP contribution in [-0.2, 0) is 14.8 Å². The van der Waals surface area contributed by atoms with Crippen LogP contribution in [0.1, 0.15) is 29.4 Å². The molecule has 1 aliphatic rings. The monoisotopic (exact) mass is 444 g/mol. The fourth-order valence-electron chi connectivity index (χ4n) is 3.35. The molecule has 1 N–H and O–H groups in total. The quantitative estimate of drug-likeness (QED) is 0.652. The summed E-state index contributed by atoms with van der Waals surface area (Å²) < 4.78 is 27.3. The molecule has 1 atom stereocenters. The average molecular weight is 445 g/mol. The Balaban J connectivity index is 1.50. The third-order valence-corrected chi connectivity index (χ3v) is 7.79. The number of hydrogen-bond donors (Lipinski definition) is 1. The van der Waals surface area contributed by atoms with Gasteiger partial charge in [0, 0.05) is 32.9 Å². The molecule has 0 saturated heterocycles. The summed E-state index contributed by atoms with van der Waals surface area (Å²) >= 11 is 1.30. The van der Waals surface area contributed by atoms with E-state index < -0.39 is 16.1 Å². The summed E-state index contributed by atoms with van der Waals surface area (Å²) in [5.74, 6) is -0.173. The molecular formula is C20H20N4O4S2. The zero-order valence-corrected chi connectivity index (χ0v) is 18.0. The van der Waals surface area contributed by atoms with Crippen molar-refractivity contribution in [2.24, 2.45) is 0 Å². The number of hydrogen-bond acceptors (Lipinski definition) is 6. The Labute approximate surface area is 178 Å². The third kappa shape index (κ3) is 3.69. The minimum atomic E-state index is -3.48. The highest BCUT2D eigenvalue weighted by atomic mass is 32.2. The van der Waals surface area contributed by atoms with Gasteiger partial charge in [-0.05, 0) is 36.2 Å². The number of thiazole rings is 1. The Morgan fingerprint density at radius 2 is 1.97 bits per heavy atom. The number of Topliss-reactive ketones (excluding diaryl/α,β-unsaturated/α-hetero) is 1. The van der Waals surface area contributed by atoms with Crippen molar-refractivity contribution in [3.63, 3.8) is 0 Å². The summed E-state index contributed by atoms with van der Waals surface area (Å²) in [6.45, 7) is 0. The van der Waals surface area contributed by atoms with Gasteiger partial charge in [-0.25, -0.2) is 17.7 Å². The fraction of sp³-hybridized carbons (Fsp3) is 0.250. The number of carbonyl (C=O) groups excluding carboxylic acids is 2. The van der Waals surface area contributed by atoms with E-state index in [1.165, 1.54) is 25.4 Å². The van der Waals surface area contributed by atoms with E-state index in [9.17, 15) is 18.0 Å². The lowest BCUT2D eigenvalue weighted by Gasteiger charge is -2.24. The molecule has 30 heavy (non-hydrogen) atoms. The minimum absolute atomic E-state index is 0.0420. The standard InChI is InChI=1S/C20H20N4O4S2/c1-23(2)30(27,28)14-7-5-13(6-8-14)18-12-21-20(29-18)22-19(26)16-9-10-17(25)15-4-3-11-24(15)16/h3-8,11-12,16H,9-10H2,1-2H3,(H,21,22,26). The molecule has 0 bridgehead atoms. The van der Waals surface area contributed by atoms with Crippen molar-refractivity contribution in [2.45, 2.75) is 23.8 Å². The summed E-state index contributed by atoms with van der Waals surface area (Å²) in [6, 6.07) is 9.58. The van der Waals surface area contributed by atoms with Gasteiger partial charge in [0.1, 0.15) is 6.04 Å². The van der Waals surface area contributed by atoms with E-state index in [4.69, 9.17) is 0 Å². The Morgan fingerprint density at radius 1 is 1.23 bits per heavy atom. The number of nitrogens with zero attached hydrogens (tertiary/aromatic N) is 3. The van der Waals surface area contributed by atoms with E-state index in [1.54, 1.807) is 53.4 Å². The third-order valence-electron chi connectivity index (χ3n) is 5.00. The maximum atomic E-state index is 12.8. The first-order valence-corrected chi connectivity index (χ1v) is 11.5. The van der Waals surface area contributed by atoms with Crippen LogP contribution in [-0.4, -0.2) is 48.1 Å². The van der Waals surface area contributed by atoms with Gasteiger partial charge in [-0.2, -0.15) is 0 Å². The van der Waals surface area contributed by atoms with Gasteiger partial charge >= 0.3 is 0 Å². The molecule has 0 saturated carbocycles. The summed E-state index contributed by atoms with van der Waals surface area (Å²) in [4.78, 5) is 30.0. The predicted octanol–water partition coefficient (Wildman–Crippen LogP) is 3.02. The first-order valence-electron chi connectivity index (χ1n) is 9.27. The first-order chi connectivity index (χ1) is 14.3. The van der Waals surface area contributed by atoms with Crippen molar-refractivity contribution in [1.82, 2.24) is 13.9 Å². The van der Waals surface area contributed by atoms with E-state index in [2.05, 4.69) is 10.3 Å². The highest BCUT2D eigenvalue weighted by Gasteiger charge is 2.30. The van der Waals surface area contributed by atoms with Crippen molar-refractivity contribution < 1.29 is 18.0 Å². The van der Waals surface area contributed by atoms with Crippen LogP contribution in [0.2, 0.25) is 0 Å². The van der Waals surface area contributed by atoms with E-state index in [1.807, 2.05) is 0 Å². The van der Waals surface area contributed by atoms with Crippen molar-refractivity contribution in [2.75, 3.05) is 19.4 Å². The highest BCUT2D eigenvalue weighted by Crippen LogP contribution is 2.32. The van der Waals surface area contributed by atoms with Crippen molar-refractivity contribution >= 4 is 38.2 Å². The highest BCUT2D eigenvalue weighted by molar-refractivity contribution is 7.89. The van der Waals surface area contributed by atoms with Gasteiger partial charge in [0.05, 0.1) is 15.5 Å². The molecule has 10 heteroatoms. The second kappa shape index (κ2) is 7.78. The summed E-state index contributed by atoms with van der Waals surface area (Å²) in [6.07, 6.45) is 4.17. The summed E-state index contributed by atoms with van der Waals surface area (Å²) in [5.41, 5.74) is 1.36. The minimum Gasteiger partial charge on any atom is -0.333 e. The van der Waals surface area contributed by atoms with E-state index >= 15 is 0 Å². The molecule has 4 rings (SSSR count). The molecule has 1 unspecified atom stereocenters. The average Bonchev–Trinajstić information content (AvgIpc) is 3.38. The molecule has 3 aromatic rings. The lowest BCUT2D eigenvalue weighted by Crippen LogP contribution is -2.31. The Morgan fingerprint density at radius 3 is 2.67 bits per heavy atom. The number of amides is 1.